The molecule has 0 spiro atoms. The van der Waals surface area contributed by atoms with Gasteiger partial charge in [0, 0.05) is 32.2 Å². The second-order valence-electron chi connectivity index (χ2n) is 5.07. The molecule has 5 amide bonds. The van der Waals surface area contributed by atoms with Crippen molar-refractivity contribution in [3.63, 3.8) is 0 Å². The maximum atomic E-state index is 12.2. The molecule has 8 nitrogen and oxygen atoms in total. The van der Waals surface area contributed by atoms with Crippen LogP contribution in [0.15, 0.2) is 12.7 Å². The van der Waals surface area contributed by atoms with Gasteiger partial charge in [0.2, 0.25) is 5.91 Å². The zero-order valence-corrected chi connectivity index (χ0v) is 11.9. The maximum Gasteiger partial charge on any atom is 0.335 e. The van der Waals surface area contributed by atoms with E-state index >= 15 is 0 Å². The molecular formula is C13H18N4O4. The van der Waals surface area contributed by atoms with Crippen LogP contribution in [0.4, 0.5) is 4.79 Å². The molecule has 0 aromatic carbocycles. The van der Waals surface area contributed by atoms with Crippen LogP contribution in [-0.2, 0) is 14.4 Å². The summed E-state index contributed by atoms with van der Waals surface area (Å²) in [6, 6.07) is -0.604. The molecule has 0 aromatic rings. The summed E-state index contributed by atoms with van der Waals surface area (Å²) in [4.78, 5) is 50.6. The van der Waals surface area contributed by atoms with Crippen LogP contribution in [0.3, 0.4) is 0 Å². The molecule has 2 rings (SSSR count). The lowest BCUT2D eigenvalue weighted by atomic mass is 10.2. The Hall–Kier alpha value is -2.22. The number of piperazine rings is 1. The molecule has 21 heavy (non-hydrogen) atoms. The van der Waals surface area contributed by atoms with Crippen molar-refractivity contribution in [1.82, 2.24) is 20.0 Å². The van der Waals surface area contributed by atoms with Gasteiger partial charge in [-0.05, 0) is 6.92 Å². The van der Waals surface area contributed by atoms with E-state index in [2.05, 4.69) is 11.9 Å². The molecule has 2 heterocycles. The highest BCUT2D eigenvalue weighted by molar-refractivity contribution is 6.45. The minimum Gasteiger partial charge on any atom is -0.338 e. The number of urea groups is 1. The molecular weight excluding hydrogens is 276 g/mol. The first-order valence-electron chi connectivity index (χ1n) is 6.75. The Labute approximate surface area is 122 Å². The Morgan fingerprint density at radius 2 is 2.00 bits per heavy atom. The van der Waals surface area contributed by atoms with Gasteiger partial charge in [-0.1, -0.05) is 6.08 Å². The molecule has 1 unspecified atom stereocenters. The van der Waals surface area contributed by atoms with Crippen LogP contribution >= 0.6 is 0 Å². The summed E-state index contributed by atoms with van der Waals surface area (Å²) in [6.07, 6.45) is 1.35. The summed E-state index contributed by atoms with van der Waals surface area (Å²) in [5.41, 5.74) is 0. The summed E-state index contributed by atoms with van der Waals surface area (Å²) in [5.74, 6) is -2.21. The van der Waals surface area contributed by atoms with Crippen LogP contribution in [-0.4, -0.2) is 77.2 Å². The van der Waals surface area contributed by atoms with E-state index in [1.807, 2.05) is 6.92 Å². The van der Waals surface area contributed by atoms with Crippen LogP contribution in [0.1, 0.15) is 6.92 Å². The van der Waals surface area contributed by atoms with Crippen molar-refractivity contribution >= 4 is 23.8 Å². The second-order valence-corrected chi connectivity index (χ2v) is 5.07. The third-order valence-electron chi connectivity index (χ3n) is 3.46. The molecule has 2 fully saturated rings. The summed E-state index contributed by atoms with van der Waals surface area (Å²) in [7, 11) is 0. The standard InChI is InChI=1S/C13H18N4O4/c1-3-5-16-11(19)12(20)17(13(16)21)8-10(18)15-6-4-14-9(2)7-15/h3,9,14H,1,4-8H2,2H3. The minimum absolute atomic E-state index is 0.0429. The molecule has 2 aliphatic rings. The van der Waals surface area contributed by atoms with Crippen molar-refractivity contribution in [3.8, 4) is 0 Å². The predicted octanol–water partition coefficient (Wildman–Crippen LogP) is -1.22. The molecule has 0 radical (unpaired) electrons. The molecule has 0 saturated carbocycles. The summed E-state index contributed by atoms with van der Waals surface area (Å²) >= 11 is 0. The van der Waals surface area contributed by atoms with E-state index in [4.69, 9.17) is 0 Å². The van der Waals surface area contributed by atoms with Gasteiger partial charge in [0.15, 0.2) is 0 Å². The van der Waals surface area contributed by atoms with Gasteiger partial charge in [-0.2, -0.15) is 0 Å². The van der Waals surface area contributed by atoms with Crippen LogP contribution in [0.5, 0.6) is 0 Å². The fourth-order valence-electron chi connectivity index (χ4n) is 2.37. The smallest absolute Gasteiger partial charge is 0.335 e. The van der Waals surface area contributed by atoms with E-state index in [1.165, 1.54) is 6.08 Å². The van der Waals surface area contributed by atoms with Crippen molar-refractivity contribution < 1.29 is 19.2 Å². The Kier molecular flexibility index (Phi) is 4.37. The van der Waals surface area contributed by atoms with Crippen LogP contribution in [0.25, 0.3) is 0 Å². The Morgan fingerprint density at radius 1 is 1.33 bits per heavy atom. The average Bonchev–Trinajstić information content (AvgIpc) is 2.65. The third kappa shape index (κ3) is 2.94. The number of rotatable bonds is 4. The lowest BCUT2D eigenvalue weighted by molar-refractivity contribution is -0.145. The van der Waals surface area contributed by atoms with E-state index in [-0.39, 0.29) is 18.5 Å². The number of amides is 5. The second kappa shape index (κ2) is 6.04. The summed E-state index contributed by atoms with van der Waals surface area (Å²) < 4.78 is 0. The monoisotopic (exact) mass is 294 g/mol. The number of hydrogen-bond donors (Lipinski definition) is 1. The molecule has 0 bridgehead atoms. The molecule has 2 saturated heterocycles. The Balaban J connectivity index is 2.03. The number of carbonyl (C=O) groups is 4. The highest BCUT2D eigenvalue weighted by atomic mass is 16.2. The van der Waals surface area contributed by atoms with Crippen LogP contribution in [0, 0.1) is 0 Å². The van der Waals surface area contributed by atoms with Crippen molar-refractivity contribution in [2.75, 3.05) is 32.7 Å². The number of carbonyl (C=O) groups excluding carboxylic acids is 4. The number of nitrogens with zero attached hydrogens (tertiary/aromatic N) is 3. The van der Waals surface area contributed by atoms with Gasteiger partial charge in [-0.25, -0.2) is 9.69 Å². The Morgan fingerprint density at radius 3 is 2.62 bits per heavy atom. The van der Waals surface area contributed by atoms with E-state index in [0.717, 1.165) is 4.90 Å². The first-order chi connectivity index (χ1) is 9.95. The molecule has 114 valence electrons. The zero-order valence-electron chi connectivity index (χ0n) is 11.9. The lowest BCUT2D eigenvalue weighted by Gasteiger charge is -2.32. The Bertz CT molecular complexity index is 504. The normalized spacial score (nSPS) is 23.0. The van der Waals surface area contributed by atoms with Crippen LogP contribution < -0.4 is 5.32 Å². The highest BCUT2D eigenvalue weighted by Gasteiger charge is 2.45. The van der Waals surface area contributed by atoms with Gasteiger partial charge in [-0.3, -0.25) is 19.3 Å². The quantitative estimate of drug-likeness (QED) is 0.399. The van der Waals surface area contributed by atoms with Gasteiger partial charge in [-0.15, -0.1) is 6.58 Å². The lowest BCUT2D eigenvalue weighted by Crippen LogP contribution is -2.54. The van der Waals surface area contributed by atoms with E-state index < -0.39 is 24.4 Å². The molecule has 1 N–H and O–H groups in total. The van der Waals surface area contributed by atoms with E-state index in [0.29, 0.717) is 24.5 Å². The molecule has 0 aromatic heterocycles. The summed E-state index contributed by atoms with van der Waals surface area (Å²) in [5, 5.41) is 3.19. The van der Waals surface area contributed by atoms with Gasteiger partial charge in [0.1, 0.15) is 6.54 Å². The largest absolute Gasteiger partial charge is 0.338 e. The average molecular weight is 294 g/mol. The first-order valence-corrected chi connectivity index (χ1v) is 6.75. The maximum absolute atomic E-state index is 12.2. The fraction of sp³-hybridized carbons (Fsp3) is 0.538. The molecule has 8 heteroatoms. The van der Waals surface area contributed by atoms with E-state index in [1.54, 1.807) is 4.90 Å². The number of imide groups is 2. The first kappa shape index (κ1) is 15.2. The number of nitrogens with one attached hydrogen (secondary N) is 1. The fourth-order valence-corrected chi connectivity index (χ4v) is 2.37. The van der Waals surface area contributed by atoms with Crippen molar-refractivity contribution in [2.24, 2.45) is 0 Å². The molecule has 0 aliphatic carbocycles. The van der Waals surface area contributed by atoms with Crippen molar-refractivity contribution in [1.29, 1.82) is 0 Å². The van der Waals surface area contributed by atoms with Crippen LogP contribution in [0.2, 0.25) is 0 Å². The highest BCUT2D eigenvalue weighted by Crippen LogP contribution is 2.12. The van der Waals surface area contributed by atoms with E-state index in [9.17, 15) is 19.2 Å². The van der Waals surface area contributed by atoms with Gasteiger partial charge in [0.25, 0.3) is 0 Å². The molecule has 1 atom stereocenters. The molecule has 2 aliphatic heterocycles. The SMILES string of the molecule is C=CCN1C(=O)C(=O)N(CC(=O)N2CCNC(C)C2)C1=O. The van der Waals surface area contributed by atoms with Crippen molar-refractivity contribution in [2.45, 2.75) is 13.0 Å². The topological polar surface area (TPSA) is 90.0 Å². The summed E-state index contributed by atoms with van der Waals surface area (Å²) in [6.45, 7) is 6.63. The minimum atomic E-state index is -0.960. The van der Waals surface area contributed by atoms with Crippen molar-refractivity contribution in [3.05, 3.63) is 12.7 Å². The zero-order chi connectivity index (χ0) is 15.6. The third-order valence-corrected chi connectivity index (χ3v) is 3.46. The van der Waals surface area contributed by atoms with Gasteiger partial charge in [0.05, 0.1) is 0 Å². The predicted molar refractivity (Wildman–Crippen MR) is 73.1 cm³/mol. The van der Waals surface area contributed by atoms with Gasteiger partial charge < -0.3 is 10.2 Å². The van der Waals surface area contributed by atoms with Gasteiger partial charge >= 0.3 is 17.8 Å². The number of hydrogen-bond acceptors (Lipinski definition) is 5.